The van der Waals surface area contributed by atoms with Gasteiger partial charge in [-0.1, -0.05) is 74.8 Å². The third kappa shape index (κ3) is 7.49. The van der Waals surface area contributed by atoms with Crippen molar-refractivity contribution in [3.63, 3.8) is 0 Å². The smallest absolute Gasteiger partial charge is 0.287 e. The van der Waals surface area contributed by atoms with Gasteiger partial charge in [0.2, 0.25) is 11.8 Å². The summed E-state index contributed by atoms with van der Waals surface area (Å²) >= 11 is 6.12. The minimum Gasteiger partial charge on any atom is -0.451 e. The summed E-state index contributed by atoms with van der Waals surface area (Å²) in [5.74, 6) is -0.488. The van der Waals surface area contributed by atoms with Crippen LogP contribution in [0, 0.1) is 0 Å². The molecule has 4 aromatic rings. The average Bonchev–Trinajstić information content (AvgIpc) is 3.48. The summed E-state index contributed by atoms with van der Waals surface area (Å²) in [6, 6.07) is 21.2. The molecule has 250 valence electrons. The molecule has 0 spiro atoms. The number of fused-ring (bicyclic) bond motifs is 1. The van der Waals surface area contributed by atoms with Gasteiger partial charge >= 0.3 is 0 Å². The molecular weight excluding hydrogens is 626 g/mol. The van der Waals surface area contributed by atoms with Crippen LogP contribution in [0.3, 0.4) is 0 Å². The highest BCUT2D eigenvalue weighted by atomic mass is 35.5. The minimum atomic E-state index is -0.882. The number of carbonyl (C=O) groups is 3. The van der Waals surface area contributed by atoms with Crippen LogP contribution in [0.4, 0.5) is 0 Å². The Kier molecular flexibility index (Phi) is 9.74. The highest BCUT2D eigenvalue weighted by Gasteiger charge is 2.32. The Morgan fingerprint density at radius 3 is 2.38 bits per heavy atom. The first-order valence-corrected chi connectivity index (χ1v) is 17.1. The number of nitrogens with zero attached hydrogens (tertiary/aromatic N) is 2. The van der Waals surface area contributed by atoms with Crippen molar-refractivity contribution in [3.8, 4) is 0 Å². The van der Waals surface area contributed by atoms with E-state index in [4.69, 9.17) is 16.0 Å². The molecule has 2 aliphatic heterocycles. The van der Waals surface area contributed by atoms with Gasteiger partial charge < -0.3 is 19.5 Å². The van der Waals surface area contributed by atoms with E-state index in [-0.39, 0.29) is 40.8 Å². The van der Waals surface area contributed by atoms with Crippen LogP contribution in [0.25, 0.3) is 11.0 Å². The normalized spacial score (nSPS) is 16.4. The zero-order chi connectivity index (χ0) is 34.0. The van der Waals surface area contributed by atoms with Crippen molar-refractivity contribution in [2.75, 3.05) is 19.6 Å². The number of hydrogen-bond donors (Lipinski definition) is 1. The molecule has 2 fully saturated rings. The molecule has 0 saturated carbocycles. The number of likely N-dealkylation sites (tertiary alicyclic amines) is 2. The lowest BCUT2D eigenvalue weighted by Crippen LogP contribution is -2.51. The van der Waals surface area contributed by atoms with Crippen molar-refractivity contribution in [1.29, 1.82) is 0 Å². The number of amides is 3. The highest BCUT2D eigenvalue weighted by molar-refractivity contribution is 6.30. The number of piperidine rings is 1. The molecule has 1 atom stereocenters. The van der Waals surface area contributed by atoms with E-state index in [0.29, 0.717) is 42.0 Å². The van der Waals surface area contributed by atoms with Gasteiger partial charge in [-0.05, 0) is 77.1 Å². The van der Waals surface area contributed by atoms with Crippen molar-refractivity contribution >= 4 is 40.3 Å². The van der Waals surface area contributed by atoms with Crippen molar-refractivity contribution in [2.45, 2.75) is 76.8 Å². The third-order valence-corrected chi connectivity index (χ3v) is 9.86. The lowest BCUT2D eigenvalue weighted by atomic mass is 9.86. The number of carbonyl (C=O) groups excluding carboxylic acids is 3. The molecule has 2 aliphatic rings. The van der Waals surface area contributed by atoms with Crippen LogP contribution in [-0.4, -0.2) is 53.2 Å². The molecule has 0 radical (unpaired) electrons. The molecule has 3 heterocycles. The first-order chi connectivity index (χ1) is 23.0. The first kappa shape index (κ1) is 33.5. The monoisotopic (exact) mass is 667 g/mol. The van der Waals surface area contributed by atoms with Crippen LogP contribution in [0.5, 0.6) is 0 Å². The Morgan fingerprint density at radius 2 is 1.69 bits per heavy atom. The van der Waals surface area contributed by atoms with Crippen LogP contribution in [0.2, 0.25) is 5.02 Å². The fourth-order valence-corrected chi connectivity index (χ4v) is 6.93. The van der Waals surface area contributed by atoms with Crippen molar-refractivity contribution in [3.05, 3.63) is 116 Å². The van der Waals surface area contributed by atoms with Gasteiger partial charge in [0.05, 0.1) is 5.39 Å². The van der Waals surface area contributed by atoms with E-state index in [0.717, 1.165) is 42.5 Å². The number of nitrogens with one attached hydrogen (secondary N) is 1. The summed E-state index contributed by atoms with van der Waals surface area (Å²) in [7, 11) is 0. The summed E-state index contributed by atoms with van der Waals surface area (Å²) in [6.07, 6.45) is 3.31. The van der Waals surface area contributed by atoms with Crippen LogP contribution in [0.15, 0.2) is 82.0 Å². The van der Waals surface area contributed by atoms with E-state index >= 15 is 0 Å². The molecule has 3 aromatic carbocycles. The van der Waals surface area contributed by atoms with Crippen molar-refractivity contribution in [1.82, 2.24) is 15.1 Å². The van der Waals surface area contributed by atoms with Gasteiger partial charge in [-0.3, -0.25) is 19.2 Å². The topological polar surface area (TPSA) is 99.9 Å². The number of benzene rings is 3. The lowest BCUT2D eigenvalue weighted by Gasteiger charge is -2.35. The second-order valence-electron chi connectivity index (χ2n) is 14.0. The molecule has 0 unspecified atom stereocenters. The molecule has 1 aromatic heterocycles. The fourth-order valence-electron chi connectivity index (χ4n) is 6.80. The van der Waals surface area contributed by atoms with Gasteiger partial charge in [0.1, 0.15) is 11.6 Å². The summed E-state index contributed by atoms with van der Waals surface area (Å²) in [5, 5.41) is 3.87. The fraction of sp³-hybridized carbons (Fsp3) is 0.385. The third-order valence-electron chi connectivity index (χ3n) is 9.61. The quantitative estimate of drug-likeness (QED) is 0.228. The van der Waals surface area contributed by atoms with Gasteiger partial charge in [0, 0.05) is 50.1 Å². The second-order valence-corrected chi connectivity index (χ2v) is 14.4. The lowest BCUT2D eigenvalue weighted by molar-refractivity contribution is -0.134. The molecule has 3 amide bonds. The Hall–Kier alpha value is -4.43. The van der Waals surface area contributed by atoms with E-state index in [9.17, 15) is 19.2 Å². The number of rotatable bonds is 8. The van der Waals surface area contributed by atoms with Gasteiger partial charge in [0.25, 0.3) is 5.91 Å². The van der Waals surface area contributed by atoms with Crippen LogP contribution in [-0.2, 0) is 28.0 Å². The Labute approximate surface area is 286 Å². The molecule has 6 rings (SSSR count). The predicted molar refractivity (Wildman–Crippen MR) is 187 cm³/mol. The van der Waals surface area contributed by atoms with E-state index in [2.05, 4.69) is 38.2 Å². The van der Waals surface area contributed by atoms with Gasteiger partial charge in [-0.25, -0.2) is 0 Å². The molecule has 8 nitrogen and oxygen atoms in total. The standard InChI is InChI=1S/C39H42ClN3O5/c1-39(2,3)28-12-15-34-31(22-28)33(44)23-35(48-34)37(46)41-32(21-25-10-13-29(40)14-11-25)38(47)42-19-16-26(17-20-42)30-8-5-4-7-27(30)24-43-18-6-9-36(43)45/h4-5,7-8,10-15,22-23,26,32H,6,9,16-21,24H2,1-3H3,(H,41,46)/t32-/m0/s1. The maximum atomic E-state index is 14.1. The number of hydrogen-bond acceptors (Lipinski definition) is 5. The van der Waals surface area contributed by atoms with E-state index in [1.807, 2.05) is 46.2 Å². The van der Waals surface area contributed by atoms with Gasteiger partial charge in [0.15, 0.2) is 11.2 Å². The molecule has 48 heavy (non-hydrogen) atoms. The van der Waals surface area contributed by atoms with Crippen LogP contribution >= 0.6 is 11.6 Å². The van der Waals surface area contributed by atoms with E-state index < -0.39 is 11.9 Å². The summed E-state index contributed by atoms with van der Waals surface area (Å²) in [4.78, 5) is 56.8. The minimum absolute atomic E-state index is 0.142. The number of halogens is 1. The van der Waals surface area contributed by atoms with E-state index in [1.165, 1.54) is 11.6 Å². The Balaban J connectivity index is 1.19. The molecule has 0 bridgehead atoms. The zero-order valence-electron chi connectivity index (χ0n) is 27.8. The molecule has 9 heteroatoms. The first-order valence-electron chi connectivity index (χ1n) is 16.7. The molecule has 2 saturated heterocycles. The van der Waals surface area contributed by atoms with Gasteiger partial charge in [-0.2, -0.15) is 0 Å². The maximum absolute atomic E-state index is 14.1. The maximum Gasteiger partial charge on any atom is 0.287 e. The Morgan fingerprint density at radius 1 is 0.958 bits per heavy atom. The molecule has 0 aliphatic carbocycles. The molecular formula is C39H42ClN3O5. The SMILES string of the molecule is CC(C)(C)c1ccc2oc(C(=O)N[C@@H](Cc3ccc(Cl)cc3)C(=O)N3CCC(c4ccccc4CN4CCCC4=O)CC3)cc(=O)c2c1. The summed E-state index contributed by atoms with van der Waals surface area (Å²) < 4.78 is 5.91. The highest BCUT2D eigenvalue weighted by Crippen LogP contribution is 2.32. The summed E-state index contributed by atoms with van der Waals surface area (Å²) in [5.41, 5.74) is 4.07. The van der Waals surface area contributed by atoms with Crippen LogP contribution in [0.1, 0.15) is 85.2 Å². The van der Waals surface area contributed by atoms with E-state index in [1.54, 1.807) is 18.2 Å². The zero-order valence-corrected chi connectivity index (χ0v) is 28.5. The van der Waals surface area contributed by atoms with Crippen molar-refractivity contribution < 1.29 is 18.8 Å². The summed E-state index contributed by atoms with van der Waals surface area (Å²) in [6.45, 7) is 8.68. The average molecular weight is 668 g/mol. The van der Waals surface area contributed by atoms with Gasteiger partial charge in [-0.15, -0.1) is 0 Å². The van der Waals surface area contributed by atoms with Crippen LogP contribution < -0.4 is 10.7 Å². The second kappa shape index (κ2) is 14.0. The van der Waals surface area contributed by atoms with Crippen molar-refractivity contribution in [2.24, 2.45) is 0 Å². The molecule has 1 N–H and O–H groups in total. The largest absolute Gasteiger partial charge is 0.451 e. The Bertz CT molecular complexity index is 1890. The predicted octanol–water partition coefficient (Wildman–Crippen LogP) is 6.61.